The standard InChI is InChI=1S/C37H41N11O4/c1-5-29-33-24(17-38-48(33)22-18-47(19-22)37(52)27-11-7-10-26(41-27)36(51)45(2)3)23-8-6-9-25(32(23)46(29)4)40-28-16-30(42-34(49)20-12-13-20)43-44-31(28)35(50)39-21-14-15-21/h6-11,16-17,20-22,29H,5,12-15,18-19H2,1-4H3,(H,39,50)(H2,40,42,43,49)/t29-/m0/s1. The lowest BCUT2D eigenvalue weighted by atomic mass is 9.91. The molecule has 15 nitrogen and oxygen atoms in total. The third kappa shape index (κ3) is 6.09. The van der Waals surface area contributed by atoms with Gasteiger partial charge in [0, 0.05) is 63.4 Å². The van der Waals surface area contributed by atoms with E-state index in [1.54, 1.807) is 43.3 Å². The lowest BCUT2D eigenvalue weighted by Gasteiger charge is -2.43. The van der Waals surface area contributed by atoms with Gasteiger partial charge in [-0.1, -0.05) is 25.1 Å². The average Bonchev–Trinajstić information content (AvgIpc) is 4.06. The van der Waals surface area contributed by atoms with E-state index in [9.17, 15) is 19.2 Å². The van der Waals surface area contributed by atoms with E-state index >= 15 is 0 Å². The summed E-state index contributed by atoms with van der Waals surface area (Å²) in [5, 5.41) is 22.7. The van der Waals surface area contributed by atoms with E-state index in [4.69, 9.17) is 5.10 Å². The Hall–Kier alpha value is -5.86. The minimum atomic E-state index is -0.315. The Bertz CT molecular complexity index is 2100. The maximum Gasteiger partial charge on any atom is 0.274 e. The molecule has 2 aliphatic carbocycles. The van der Waals surface area contributed by atoms with E-state index in [0.717, 1.165) is 60.3 Å². The smallest absolute Gasteiger partial charge is 0.274 e. The van der Waals surface area contributed by atoms with Crippen molar-refractivity contribution in [2.75, 3.05) is 49.8 Å². The van der Waals surface area contributed by atoms with Crippen LogP contribution in [0.5, 0.6) is 0 Å². The van der Waals surface area contributed by atoms with Gasteiger partial charge in [-0.15, -0.1) is 10.2 Å². The van der Waals surface area contributed by atoms with Gasteiger partial charge in [-0.25, -0.2) is 4.98 Å². The number of likely N-dealkylation sites (tertiary alicyclic amines) is 1. The van der Waals surface area contributed by atoms with Crippen molar-refractivity contribution in [1.82, 2.24) is 40.1 Å². The summed E-state index contributed by atoms with van der Waals surface area (Å²) in [4.78, 5) is 61.4. The summed E-state index contributed by atoms with van der Waals surface area (Å²) >= 11 is 0. The maximum atomic E-state index is 13.4. The van der Waals surface area contributed by atoms with Crippen molar-refractivity contribution in [3.63, 3.8) is 0 Å². The minimum absolute atomic E-state index is 0.00970. The Balaban J connectivity index is 1.07. The third-order valence-electron chi connectivity index (χ3n) is 10.2. The number of rotatable bonds is 10. The second kappa shape index (κ2) is 13.0. The van der Waals surface area contributed by atoms with Crippen molar-refractivity contribution in [3.8, 4) is 11.1 Å². The van der Waals surface area contributed by atoms with Crippen LogP contribution in [-0.2, 0) is 4.79 Å². The van der Waals surface area contributed by atoms with Crippen molar-refractivity contribution in [2.45, 2.75) is 57.2 Å². The molecule has 3 fully saturated rings. The van der Waals surface area contributed by atoms with Gasteiger partial charge < -0.3 is 30.7 Å². The number of nitrogens with one attached hydrogen (secondary N) is 3. The fourth-order valence-electron chi connectivity index (χ4n) is 7.01. The molecule has 3 N–H and O–H groups in total. The number of fused-ring (bicyclic) bond motifs is 3. The first-order valence-electron chi connectivity index (χ1n) is 17.8. The zero-order valence-electron chi connectivity index (χ0n) is 29.6. The molecule has 15 heteroatoms. The number of pyridine rings is 1. The summed E-state index contributed by atoms with van der Waals surface area (Å²) in [5.74, 6) is -0.611. The fourth-order valence-corrected chi connectivity index (χ4v) is 7.01. The molecule has 2 aliphatic heterocycles. The third-order valence-corrected chi connectivity index (χ3v) is 10.2. The van der Waals surface area contributed by atoms with Crippen LogP contribution in [-0.4, -0.2) is 98.7 Å². The molecule has 1 aromatic carbocycles. The second-order valence-electron chi connectivity index (χ2n) is 14.2. The highest BCUT2D eigenvalue weighted by Gasteiger charge is 2.40. The van der Waals surface area contributed by atoms with Crippen LogP contribution in [0.2, 0.25) is 0 Å². The molecular weight excluding hydrogens is 662 g/mol. The topological polar surface area (TPSA) is 171 Å². The molecule has 0 bridgehead atoms. The Kier molecular flexibility index (Phi) is 8.35. The first kappa shape index (κ1) is 33.3. The van der Waals surface area contributed by atoms with Crippen molar-refractivity contribution >= 4 is 46.5 Å². The summed E-state index contributed by atoms with van der Waals surface area (Å²) in [5.41, 5.74) is 5.84. The largest absolute Gasteiger partial charge is 0.364 e. The molecule has 3 aromatic heterocycles. The van der Waals surface area contributed by atoms with Crippen molar-refractivity contribution in [2.24, 2.45) is 5.92 Å². The van der Waals surface area contributed by atoms with E-state index in [0.29, 0.717) is 18.8 Å². The summed E-state index contributed by atoms with van der Waals surface area (Å²) in [6.45, 7) is 3.07. The first-order chi connectivity index (χ1) is 25.1. The summed E-state index contributed by atoms with van der Waals surface area (Å²) < 4.78 is 2.05. The molecule has 4 aromatic rings. The number of aromatic nitrogens is 5. The first-order valence-corrected chi connectivity index (χ1v) is 17.8. The van der Waals surface area contributed by atoms with Gasteiger partial charge in [0.05, 0.1) is 41.0 Å². The number of benzene rings is 1. The lowest BCUT2D eigenvalue weighted by molar-refractivity contribution is -0.117. The molecule has 2 saturated carbocycles. The van der Waals surface area contributed by atoms with Gasteiger partial charge in [0.1, 0.15) is 11.4 Å². The molecule has 1 saturated heterocycles. The molecule has 0 unspecified atom stereocenters. The zero-order chi connectivity index (χ0) is 36.3. The van der Waals surface area contributed by atoms with Gasteiger partial charge in [-0.3, -0.25) is 23.9 Å². The van der Waals surface area contributed by atoms with Crippen LogP contribution < -0.4 is 20.9 Å². The Morgan fingerprint density at radius 3 is 2.38 bits per heavy atom. The number of nitrogens with zero attached hydrogens (tertiary/aromatic N) is 8. The number of carbonyl (C=O) groups excluding carboxylic acids is 4. The normalized spacial score (nSPS) is 17.8. The molecule has 0 spiro atoms. The molecule has 4 amide bonds. The van der Waals surface area contributed by atoms with E-state index in [1.165, 1.54) is 4.90 Å². The molecule has 1 atom stereocenters. The molecule has 268 valence electrons. The van der Waals surface area contributed by atoms with Crippen molar-refractivity contribution < 1.29 is 19.2 Å². The SMILES string of the molecule is CC[C@H]1c2c(cnn2C2CN(C(=O)c3cccc(C(=O)N(C)C)n3)C2)-c2cccc(Nc3cc(NC(=O)C4CC4)nnc3C(=O)NC3CC3)c2N1C. The number of carbonyl (C=O) groups is 4. The Morgan fingerprint density at radius 2 is 1.67 bits per heavy atom. The quantitative estimate of drug-likeness (QED) is 0.219. The average molecular weight is 704 g/mol. The summed E-state index contributed by atoms with van der Waals surface area (Å²) in [7, 11) is 5.35. The van der Waals surface area contributed by atoms with Crippen LogP contribution in [0, 0.1) is 5.92 Å². The van der Waals surface area contributed by atoms with E-state index in [1.807, 2.05) is 23.0 Å². The van der Waals surface area contributed by atoms with Gasteiger partial charge in [-0.05, 0) is 50.3 Å². The van der Waals surface area contributed by atoms with E-state index < -0.39 is 0 Å². The number of hydrogen-bond donors (Lipinski definition) is 3. The van der Waals surface area contributed by atoms with Crippen molar-refractivity contribution in [1.29, 1.82) is 0 Å². The minimum Gasteiger partial charge on any atom is -0.364 e. The highest BCUT2D eigenvalue weighted by atomic mass is 16.2. The van der Waals surface area contributed by atoms with Crippen molar-refractivity contribution in [3.05, 3.63) is 71.4 Å². The zero-order valence-corrected chi connectivity index (χ0v) is 29.6. The Labute approximate surface area is 300 Å². The van der Waals surface area contributed by atoms with Gasteiger partial charge in [0.2, 0.25) is 5.91 Å². The van der Waals surface area contributed by atoms with Crippen LogP contribution in [0.1, 0.15) is 88.3 Å². The number of para-hydroxylation sites is 1. The molecular formula is C37H41N11O4. The fraction of sp³-hybridized carbons (Fsp3) is 0.405. The van der Waals surface area contributed by atoms with E-state index in [-0.39, 0.29) is 70.6 Å². The highest BCUT2D eigenvalue weighted by Crippen LogP contribution is 2.50. The predicted molar refractivity (Wildman–Crippen MR) is 193 cm³/mol. The Morgan fingerprint density at radius 1 is 0.923 bits per heavy atom. The second-order valence-corrected chi connectivity index (χ2v) is 14.2. The van der Waals surface area contributed by atoms with Crippen LogP contribution in [0.4, 0.5) is 22.9 Å². The van der Waals surface area contributed by atoms with Crippen LogP contribution in [0.25, 0.3) is 11.1 Å². The van der Waals surface area contributed by atoms with Crippen LogP contribution >= 0.6 is 0 Å². The van der Waals surface area contributed by atoms with Crippen LogP contribution in [0.15, 0.2) is 48.7 Å². The summed E-state index contributed by atoms with van der Waals surface area (Å²) in [6, 6.07) is 12.7. The van der Waals surface area contributed by atoms with Gasteiger partial charge in [0.25, 0.3) is 17.7 Å². The maximum absolute atomic E-state index is 13.4. The molecule has 4 aliphatic rings. The highest BCUT2D eigenvalue weighted by molar-refractivity contribution is 6.02. The molecule has 0 radical (unpaired) electrons. The summed E-state index contributed by atoms with van der Waals surface area (Å²) in [6.07, 6.45) is 6.26. The number of anilines is 4. The lowest BCUT2D eigenvalue weighted by Crippen LogP contribution is -2.52. The van der Waals surface area contributed by atoms with Crippen LogP contribution in [0.3, 0.4) is 0 Å². The van der Waals surface area contributed by atoms with E-state index in [2.05, 4.69) is 56.1 Å². The van der Waals surface area contributed by atoms with Gasteiger partial charge in [0.15, 0.2) is 11.5 Å². The number of amides is 4. The van der Waals surface area contributed by atoms with Gasteiger partial charge >= 0.3 is 0 Å². The molecule has 52 heavy (non-hydrogen) atoms. The predicted octanol–water partition coefficient (Wildman–Crippen LogP) is 4.02. The molecule has 5 heterocycles. The van der Waals surface area contributed by atoms with Gasteiger partial charge in [-0.2, -0.15) is 5.10 Å². The number of hydrogen-bond acceptors (Lipinski definition) is 10. The monoisotopic (exact) mass is 703 g/mol. The molecule has 8 rings (SSSR count).